The van der Waals surface area contributed by atoms with Crippen LogP contribution in [0.5, 0.6) is 0 Å². The van der Waals surface area contributed by atoms with Gasteiger partial charge in [-0.2, -0.15) is 0 Å². The Bertz CT molecular complexity index is 115. The van der Waals surface area contributed by atoms with Crippen LogP contribution in [0.25, 0.3) is 0 Å². The van der Waals surface area contributed by atoms with Gasteiger partial charge < -0.3 is 0 Å². The molecule has 0 aromatic rings. The minimum Gasteiger partial charge on any atom is -0.291 e. The minimum absolute atomic E-state index is 0.0880. The van der Waals surface area contributed by atoms with Crippen molar-refractivity contribution in [3.05, 3.63) is 0 Å². The zero-order chi connectivity index (χ0) is 9.28. The van der Waals surface area contributed by atoms with Crippen LogP contribution >= 0.6 is 33.2 Å². The number of rotatable bonds is 3. The second kappa shape index (κ2) is 10.5. The van der Waals surface area contributed by atoms with Crippen LogP contribution in [0.2, 0.25) is 0 Å². The van der Waals surface area contributed by atoms with Crippen molar-refractivity contribution >= 4 is 43.7 Å². The van der Waals surface area contributed by atoms with Gasteiger partial charge in [-0.1, -0.05) is 13.8 Å². The van der Waals surface area contributed by atoms with Crippen LogP contribution in [0.4, 0.5) is 4.79 Å². The van der Waals surface area contributed by atoms with Crippen LogP contribution < -0.4 is 0 Å². The molecule has 0 unspecified atom stereocenters. The van der Waals surface area contributed by atoms with Crippen molar-refractivity contribution in [2.75, 3.05) is 12.3 Å². The first-order chi connectivity index (χ1) is 5.13. The summed E-state index contributed by atoms with van der Waals surface area (Å²) in [5.41, 5.74) is 0.444. The molecule has 0 atom stereocenters. The molecule has 0 spiro atoms. The normalized spacial score (nSPS) is 8.45. The predicted octanol–water partition coefficient (Wildman–Crippen LogP) is 2.66. The topological polar surface area (TPSA) is 34.1 Å². The molecule has 5 heteroatoms. The maximum atomic E-state index is 10.5. The molecule has 0 saturated heterocycles. The third-order valence-electron chi connectivity index (χ3n) is 1.03. The zero-order valence-electron chi connectivity index (χ0n) is 6.65. The summed E-state index contributed by atoms with van der Waals surface area (Å²) in [4.78, 5) is 19.3. The van der Waals surface area contributed by atoms with Gasteiger partial charge in [-0.25, -0.2) is 0 Å². The second-order valence-electron chi connectivity index (χ2n) is 1.56. The highest BCUT2D eigenvalue weighted by Gasteiger charge is 2.06. The van der Waals surface area contributed by atoms with E-state index in [-0.39, 0.29) is 12.8 Å². The van der Waals surface area contributed by atoms with E-state index in [1.165, 1.54) is 0 Å². The van der Waals surface area contributed by atoms with Gasteiger partial charge >= 0.3 is 0 Å². The van der Waals surface area contributed by atoms with Gasteiger partial charge in [0, 0.05) is 0 Å². The summed E-state index contributed by atoms with van der Waals surface area (Å²) >= 11 is 6.85. The number of thiol groups is 2. The molecule has 0 N–H and O–H groups in total. The lowest BCUT2D eigenvalue weighted by atomic mass is 11.0. The van der Waals surface area contributed by atoms with Crippen LogP contribution in [0.3, 0.4) is 0 Å². The first kappa shape index (κ1) is 14.0. The van der Waals surface area contributed by atoms with Gasteiger partial charge in [0.25, 0.3) is 0 Å². The molecule has 0 bridgehead atoms. The smallest absolute Gasteiger partial charge is 0.206 e. The molecular formula is C6H13O2PS2. The van der Waals surface area contributed by atoms with Crippen molar-refractivity contribution in [3.8, 4) is 0 Å². The van der Waals surface area contributed by atoms with Gasteiger partial charge in [0.05, 0.1) is 0 Å². The SMILES string of the molecule is CCP(CC)C(=O)S.O=CS. The Hall–Kier alpha value is 0.470. The summed E-state index contributed by atoms with van der Waals surface area (Å²) in [5, 5.41) is 0. The molecule has 0 fully saturated rings. The van der Waals surface area contributed by atoms with Crippen molar-refractivity contribution in [3.63, 3.8) is 0 Å². The van der Waals surface area contributed by atoms with E-state index in [0.717, 1.165) is 12.3 Å². The molecule has 0 aromatic heterocycles. The van der Waals surface area contributed by atoms with Crippen molar-refractivity contribution in [2.45, 2.75) is 13.8 Å². The maximum Gasteiger partial charge on any atom is 0.206 e. The third kappa shape index (κ3) is 10.5. The Balaban J connectivity index is 0. The van der Waals surface area contributed by atoms with E-state index in [2.05, 4.69) is 25.3 Å². The van der Waals surface area contributed by atoms with Gasteiger partial charge in [-0.05, 0) is 20.2 Å². The van der Waals surface area contributed by atoms with Crippen molar-refractivity contribution in [1.82, 2.24) is 0 Å². The lowest BCUT2D eigenvalue weighted by Crippen LogP contribution is -1.87. The summed E-state index contributed by atoms with van der Waals surface area (Å²) in [5.74, 6) is 0. The van der Waals surface area contributed by atoms with Crippen molar-refractivity contribution in [2.24, 2.45) is 0 Å². The largest absolute Gasteiger partial charge is 0.291 e. The molecule has 0 aliphatic rings. The van der Waals surface area contributed by atoms with E-state index in [4.69, 9.17) is 4.79 Å². The first-order valence-corrected chi connectivity index (χ1v) is 5.87. The molecule has 0 aromatic carbocycles. The Kier molecular flexibility index (Phi) is 13.3. The zero-order valence-corrected chi connectivity index (χ0v) is 9.33. The second-order valence-corrected chi connectivity index (χ2v) is 5.28. The van der Waals surface area contributed by atoms with Crippen LogP contribution in [0, 0.1) is 0 Å². The average Bonchev–Trinajstić information content (AvgIpc) is 1.91. The third-order valence-corrected chi connectivity index (χ3v) is 3.95. The van der Waals surface area contributed by atoms with Crippen LogP contribution in [0.1, 0.15) is 13.8 Å². The van der Waals surface area contributed by atoms with Crippen LogP contribution in [-0.4, -0.2) is 22.8 Å². The quantitative estimate of drug-likeness (QED) is 0.428. The molecule has 0 rings (SSSR count). The predicted molar refractivity (Wildman–Crippen MR) is 58.1 cm³/mol. The molecule has 0 heterocycles. The van der Waals surface area contributed by atoms with E-state index >= 15 is 0 Å². The van der Waals surface area contributed by atoms with Crippen molar-refractivity contribution in [1.29, 1.82) is 0 Å². The van der Waals surface area contributed by atoms with Gasteiger partial charge in [0.1, 0.15) is 0 Å². The molecular weight excluding hydrogens is 199 g/mol. The first-order valence-electron chi connectivity index (χ1n) is 3.19. The lowest BCUT2D eigenvalue weighted by Gasteiger charge is -2.04. The van der Waals surface area contributed by atoms with Gasteiger partial charge in [0.15, 0.2) is 5.62 Å². The van der Waals surface area contributed by atoms with E-state index < -0.39 is 0 Å². The summed E-state index contributed by atoms with van der Waals surface area (Å²) in [6.45, 7) is 4.06. The fraction of sp³-hybridized carbons (Fsp3) is 0.667. The highest BCUT2D eigenvalue weighted by Crippen LogP contribution is 2.37. The maximum absolute atomic E-state index is 10.5. The molecule has 0 saturated carbocycles. The minimum atomic E-state index is -0.390. The number of carbonyl (C=O) groups is 2. The number of carbonyl (C=O) groups excluding carboxylic acids is 2. The van der Waals surface area contributed by atoms with Crippen LogP contribution in [-0.2, 0) is 4.79 Å². The Labute approximate surface area is 79.7 Å². The van der Waals surface area contributed by atoms with E-state index in [1.54, 1.807) is 0 Å². The molecule has 0 aliphatic carbocycles. The van der Waals surface area contributed by atoms with E-state index in [9.17, 15) is 4.79 Å². The highest BCUT2D eigenvalue weighted by atomic mass is 32.1. The lowest BCUT2D eigenvalue weighted by molar-refractivity contribution is 0.276. The van der Waals surface area contributed by atoms with Gasteiger partial charge in [-0.15, -0.1) is 25.3 Å². The summed E-state index contributed by atoms with van der Waals surface area (Å²) in [6.07, 6.45) is 1.96. The van der Waals surface area contributed by atoms with Crippen molar-refractivity contribution < 1.29 is 9.59 Å². The van der Waals surface area contributed by atoms with E-state index in [0.29, 0.717) is 5.62 Å². The molecule has 0 radical (unpaired) electrons. The molecule has 2 nitrogen and oxygen atoms in total. The average molecular weight is 212 g/mol. The summed E-state index contributed by atoms with van der Waals surface area (Å²) in [6, 6.07) is 0. The standard InChI is InChI=1S/C5H11OPS.CH2OS/c1-3-7(4-2)5(6)8;2-1-3/h3-4H2,1-2H3,(H,6,8);1H,(H,2,3). The number of hydrogen-bond acceptors (Lipinski definition) is 2. The Morgan fingerprint density at radius 2 is 1.73 bits per heavy atom. The highest BCUT2D eigenvalue weighted by molar-refractivity contribution is 8.13. The summed E-state index contributed by atoms with van der Waals surface area (Å²) in [7, 11) is -0.390. The van der Waals surface area contributed by atoms with Gasteiger partial charge in [0.2, 0.25) is 4.86 Å². The Morgan fingerprint density at radius 3 is 1.73 bits per heavy atom. The molecule has 11 heavy (non-hydrogen) atoms. The number of hydrogen-bond donors (Lipinski definition) is 2. The monoisotopic (exact) mass is 212 g/mol. The Morgan fingerprint density at radius 1 is 1.45 bits per heavy atom. The van der Waals surface area contributed by atoms with E-state index in [1.807, 2.05) is 13.8 Å². The fourth-order valence-corrected chi connectivity index (χ4v) is 2.33. The molecule has 66 valence electrons. The summed E-state index contributed by atoms with van der Waals surface area (Å²) < 4.78 is 0. The molecule has 0 amide bonds. The fourth-order valence-electron chi connectivity index (χ4n) is 0.494. The molecule has 0 aliphatic heterocycles. The van der Waals surface area contributed by atoms with Crippen LogP contribution in [0.15, 0.2) is 0 Å². The van der Waals surface area contributed by atoms with Gasteiger partial charge in [-0.3, -0.25) is 9.59 Å².